The zero-order valence-corrected chi connectivity index (χ0v) is 21.5. The molecule has 1 amide bonds. The first kappa shape index (κ1) is 26.1. The van der Waals surface area contributed by atoms with Gasteiger partial charge >= 0.3 is 0 Å². The van der Waals surface area contributed by atoms with Gasteiger partial charge in [0.2, 0.25) is 15.9 Å². The Bertz CT molecular complexity index is 1010. The van der Waals surface area contributed by atoms with Crippen LogP contribution in [0.15, 0.2) is 29.2 Å². The van der Waals surface area contributed by atoms with Crippen molar-refractivity contribution in [2.24, 2.45) is 0 Å². The van der Waals surface area contributed by atoms with Crippen LogP contribution in [-0.4, -0.2) is 75.2 Å². The Morgan fingerprint density at radius 2 is 1.67 bits per heavy atom. The van der Waals surface area contributed by atoms with E-state index in [-0.39, 0.29) is 47.0 Å². The first-order chi connectivity index (χ1) is 15.6. The summed E-state index contributed by atoms with van der Waals surface area (Å²) in [5, 5.41) is 3.25. The van der Waals surface area contributed by atoms with Crippen LogP contribution in [0.5, 0.6) is 0 Å². The van der Waals surface area contributed by atoms with Crippen molar-refractivity contribution in [2.75, 3.05) is 31.1 Å². The monoisotopic (exact) mass is 499 g/mol. The average molecular weight is 500 g/mol. The summed E-state index contributed by atoms with van der Waals surface area (Å²) in [7, 11) is -6.58. The number of carbonyl (C=O) groups is 1. The van der Waals surface area contributed by atoms with E-state index in [0.29, 0.717) is 19.5 Å². The highest BCUT2D eigenvalue weighted by molar-refractivity contribution is 7.91. The lowest BCUT2D eigenvalue weighted by Crippen LogP contribution is -2.50. The first-order valence-electron chi connectivity index (χ1n) is 11.9. The number of hydrogen-bond acceptors (Lipinski definition) is 6. The molecule has 0 unspecified atom stereocenters. The van der Waals surface area contributed by atoms with E-state index in [9.17, 15) is 21.6 Å². The second-order valence-electron chi connectivity index (χ2n) is 9.06. The van der Waals surface area contributed by atoms with Gasteiger partial charge in [-0.3, -0.25) is 4.79 Å². The lowest BCUT2D eigenvalue weighted by atomic mass is 10.1. The second kappa shape index (κ2) is 10.8. The van der Waals surface area contributed by atoms with Gasteiger partial charge in [-0.1, -0.05) is 38.8 Å². The predicted octanol–water partition coefficient (Wildman–Crippen LogP) is 2.33. The number of rotatable bonds is 10. The van der Waals surface area contributed by atoms with E-state index >= 15 is 0 Å². The fourth-order valence-corrected chi connectivity index (χ4v) is 8.14. The van der Waals surface area contributed by atoms with E-state index in [1.165, 1.54) is 4.31 Å². The normalized spacial score (nSPS) is 22.0. The van der Waals surface area contributed by atoms with Crippen molar-refractivity contribution in [3.63, 3.8) is 0 Å². The number of hydrogen-bond donors (Lipinski definition) is 1. The molecule has 0 aromatic heterocycles. The maximum atomic E-state index is 13.2. The summed E-state index contributed by atoms with van der Waals surface area (Å²) in [6, 6.07) is 6.50. The summed E-state index contributed by atoms with van der Waals surface area (Å²) in [6.45, 7) is 6.51. The van der Waals surface area contributed by atoms with Gasteiger partial charge in [0.05, 0.1) is 22.9 Å². The highest BCUT2D eigenvalue weighted by atomic mass is 32.2. The molecule has 0 spiro atoms. The molecule has 1 saturated heterocycles. The van der Waals surface area contributed by atoms with E-state index < -0.39 is 19.9 Å². The summed E-state index contributed by atoms with van der Waals surface area (Å²) in [4.78, 5) is 15.3. The minimum atomic E-state index is -3.51. The summed E-state index contributed by atoms with van der Waals surface area (Å²) < 4.78 is 50.8. The number of benzene rings is 1. The van der Waals surface area contributed by atoms with Crippen molar-refractivity contribution in [1.82, 2.24) is 14.5 Å². The van der Waals surface area contributed by atoms with Gasteiger partial charge in [-0.2, -0.15) is 4.31 Å². The van der Waals surface area contributed by atoms with Gasteiger partial charge in [0, 0.05) is 31.2 Å². The predicted molar refractivity (Wildman–Crippen MR) is 129 cm³/mol. The molecular weight excluding hydrogens is 462 g/mol. The average Bonchev–Trinajstić information content (AvgIpc) is 3.43. The van der Waals surface area contributed by atoms with Crippen molar-refractivity contribution in [3.05, 3.63) is 29.8 Å². The van der Waals surface area contributed by atoms with E-state index in [1.54, 1.807) is 24.3 Å². The Labute approximate surface area is 198 Å². The van der Waals surface area contributed by atoms with Crippen LogP contribution >= 0.6 is 0 Å². The number of sulfonamides is 1. The molecule has 1 heterocycles. The van der Waals surface area contributed by atoms with Gasteiger partial charge < -0.3 is 10.2 Å². The first-order valence-corrected chi connectivity index (χ1v) is 15.2. The van der Waals surface area contributed by atoms with Gasteiger partial charge in [-0.05, 0) is 43.9 Å². The SMILES string of the molecule is CCN(CC)S(=O)(=O)c1ccc([C@H](C)NCC(=O)N(C2CCCC2)[C@@H]2CCS(=O)(=O)C2)cc1. The van der Waals surface area contributed by atoms with Crippen LogP contribution < -0.4 is 5.32 Å². The summed E-state index contributed by atoms with van der Waals surface area (Å²) >= 11 is 0. The zero-order valence-electron chi connectivity index (χ0n) is 19.9. The molecule has 0 radical (unpaired) electrons. The van der Waals surface area contributed by atoms with E-state index in [0.717, 1.165) is 31.2 Å². The minimum Gasteiger partial charge on any atom is -0.335 e. The number of carbonyl (C=O) groups excluding carboxylic acids is 1. The number of nitrogens with one attached hydrogen (secondary N) is 1. The lowest BCUT2D eigenvalue weighted by Gasteiger charge is -2.34. The number of sulfone groups is 1. The van der Waals surface area contributed by atoms with Crippen LogP contribution in [0.25, 0.3) is 0 Å². The molecule has 1 aliphatic heterocycles. The Kier molecular flexibility index (Phi) is 8.58. The van der Waals surface area contributed by atoms with Crippen molar-refractivity contribution in [1.29, 1.82) is 0 Å². The quantitative estimate of drug-likeness (QED) is 0.530. The van der Waals surface area contributed by atoms with Crippen molar-refractivity contribution in [2.45, 2.75) is 75.9 Å². The van der Waals surface area contributed by atoms with Gasteiger partial charge in [0.25, 0.3) is 0 Å². The third-order valence-electron chi connectivity index (χ3n) is 6.89. The van der Waals surface area contributed by atoms with Crippen LogP contribution in [0.3, 0.4) is 0 Å². The van der Waals surface area contributed by atoms with Crippen LogP contribution in [0.2, 0.25) is 0 Å². The third-order valence-corrected chi connectivity index (χ3v) is 10.7. The van der Waals surface area contributed by atoms with Crippen molar-refractivity contribution < 1.29 is 21.6 Å². The molecule has 1 aliphatic carbocycles. The van der Waals surface area contributed by atoms with Gasteiger partial charge in [-0.25, -0.2) is 16.8 Å². The van der Waals surface area contributed by atoms with Gasteiger partial charge in [-0.15, -0.1) is 0 Å². The smallest absolute Gasteiger partial charge is 0.243 e. The molecule has 2 aliphatic rings. The molecule has 0 bridgehead atoms. The number of amides is 1. The summed E-state index contributed by atoms with van der Waals surface area (Å²) in [5.41, 5.74) is 0.886. The Morgan fingerprint density at radius 3 is 2.18 bits per heavy atom. The highest BCUT2D eigenvalue weighted by Crippen LogP contribution is 2.29. The van der Waals surface area contributed by atoms with Crippen LogP contribution in [0, 0.1) is 0 Å². The highest BCUT2D eigenvalue weighted by Gasteiger charge is 2.38. The maximum Gasteiger partial charge on any atom is 0.243 e. The zero-order chi connectivity index (χ0) is 24.2. The van der Waals surface area contributed by atoms with Crippen LogP contribution in [-0.2, 0) is 24.7 Å². The lowest BCUT2D eigenvalue weighted by molar-refractivity contribution is -0.134. The molecule has 2 fully saturated rings. The number of nitrogens with zero attached hydrogens (tertiary/aromatic N) is 2. The van der Waals surface area contributed by atoms with Gasteiger partial charge in [0.15, 0.2) is 9.84 Å². The molecule has 1 N–H and O–H groups in total. The molecule has 2 atom stereocenters. The van der Waals surface area contributed by atoms with Crippen molar-refractivity contribution in [3.8, 4) is 0 Å². The molecule has 1 aromatic carbocycles. The fraction of sp³-hybridized carbons (Fsp3) is 0.696. The molecular formula is C23H37N3O5S2. The Hall–Kier alpha value is -1.49. The molecule has 10 heteroatoms. The molecule has 33 heavy (non-hydrogen) atoms. The largest absolute Gasteiger partial charge is 0.335 e. The standard InChI is InChI=1S/C23H37N3O5S2/c1-4-25(5-2)33(30,31)22-12-10-19(11-13-22)18(3)24-16-23(27)26(20-8-6-7-9-20)21-14-15-32(28,29)17-21/h10-13,18,20-21,24H,4-9,14-17H2,1-3H3/t18-,21+/m0/s1. The third kappa shape index (κ3) is 6.15. The fourth-order valence-electron chi connectivity index (χ4n) is 4.97. The summed E-state index contributed by atoms with van der Waals surface area (Å²) in [5.74, 6) is 0.158. The van der Waals surface area contributed by atoms with Gasteiger partial charge in [0.1, 0.15) is 0 Å². The Balaban J connectivity index is 1.65. The molecule has 8 nitrogen and oxygen atoms in total. The molecule has 3 rings (SSSR count). The molecule has 186 valence electrons. The summed E-state index contributed by atoms with van der Waals surface area (Å²) in [6.07, 6.45) is 4.52. The minimum absolute atomic E-state index is 0.0587. The van der Waals surface area contributed by atoms with Crippen LogP contribution in [0.1, 0.15) is 64.5 Å². The van der Waals surface area contributed by atoms with Crippen LogP contribution in [0.4, 0.5) is 0 Å². The molecule has 1 saturated carbocycles. The van der Waals surface area contributed by atoms with E-state index in [2.05, 4.69) is 5.32 Å². The topological polar surface area (TPSA) is 104 Å². The van der Waals surface area contributed by atoms with Crippen molar-refractivity contribution >= 4 is 25.8 Å². The Morgan fingerprint density at radius 1 is 1.06 bits per heavy atom. The van der Waals surface area contributed by atoms with E-state index in [1.807, 2.05) is 25.7 Å². The maximum absolute atomic E-state index is 13.2. The second-order valence-corrected chi connectivity index (χ2v) is 13.2. The molecule has 1 aromatic rings. The van der Waals surface area contributed by atoms with E-state index in [4.69, 9.17) is 0 Å².